The van der Waals surface area contributed by atoms with Crippen LogP contribution >= 0.6 is 0 Å². The summed E-state index contributed by atoms with van der Waals surface area (Å²) in [7, 11) is -0.581. The van der Waals surface area contributed by atoms with Gasteiger partial charge in [-0.1, -0.05) is 18.2 Å². The van der Waals surface area contributed by atoms with Crippen LogP contribution in [0.2, 0.25) is 0 Å². The van der Waals surface area contributed by atoms with Gasteiger partial charge in [-0.15, -0.1) is 0 Å². The lowest BCUT2D eigenvalue weighted by Crippen LogP contribution is -2.35. The highest BCUT2D eigenvalue weighted by Crippen LogP contribution is 2.17. The van der Waals surface area contributed by atoms with Crippen molar-refractivity contribution in [3.8, 4) is 0 Å². The van der Waals surface area contributed by atoms with Crippen LogP contribution in [0.4, 0.5) is 0 Å². The summed E-state index contributed by atoms with van der Waals surface area (Å²) in [5, 5.41) is 4.81. The van der Waals surface area contributed by atoms with E-state index in [0.29, 0.717) is 6.04 Å². The van der Waals surface area contributed by atoms with Gasteiger partial charge in [-0.2, -0.15) is 0 Å². The maximum absolute atomic E-state index is 11.3. The van der Waals surface area contributed by atoms with Gasteiger partial charge in [-0.25, -0.2) is 0 Å². The molecule has 1 aromatic carbocycles. The SMILES string of the molecule is O=S1CCC(NCc2ccnc3ccccc23)CC1. The van der Waals surface area contributed by atoms with Crippen LogP contribution in [0.1, 0.15) is 18.4 Å². The minimum atomic E-state index is -0.581. The van der Waals surface area contributed by atoms with Crippen molar-refractivity contribution >= 4 is 21.7 Å². The number of nitrogens with zero attached hydrogens (tertiary/aromatic N) is 1. The van der Waals surface area contributed by atoms with Crippen LogP contribution in [0.25, 0.3) is 10.9 Å². The van der Waals surface area contributed by atoms with Gasteiger partial charge < -0.3 is 5.32 Å². The average molecular weight is 274 g/mol. The molecule has 0 amide bonds. The van der Waals surface area contributed by atoms with Gasteiger partial charge in [0.2, 0.25) is 0 Å². The van der Waals surface area contributed by atoms with Gasteiger partial charge in [0, 0.05) is 46.5 Å². The molecule has 0 atom stereocenters. The normalized spacial score (nSPS) is 23.6. The van der Waals surface area contributed by atoms with E-state index in [4.69, 9.17) is 0 Å². The summed E-state index contributed by atoms with van der Waals surface area (Å²) >= 11 is 0. The topological polar surface area (TPSA) is 42.0 Å². The molecule has 1 saturated heterocycles. The molecule has 100 valence electrons. The number of nitrogens with one attached hydrogen (secondary N) is 1. The quantitative estimate of drug-likeness (QED) is 0.933. The molecule has 4 heteroatoms. The molecular weight excluding hydrogens is 256 g/mol. The van der Waals surface area contributed by atoms with Crippen molar-refractivity contribution < 1.29 is 4.21 Å². The van der Waals surface area contributed by atoms with E-state index in [2.05, 4.69) is 28.5 Å². The van der Waals surface area contributed by atoms with Gasteiger partial charge >= 0.3 is 0 Å². The highest BCUT2D eigenvalue weighted by atomic mass is 32.2. The number of pyridine rings is 1. The Labute approximate surface area is 115 Å². The number of para-hydroxylation sites is 1. The van der Waals surface area contributed by atoms with Gasteiger partial charge in [0.1, 0.15) is 0 Å². The molecule has 1 fully saturated rings. The fourth-order valence-corrected chi connectivity index (χ4v) is 3.86. The molecule has 2 aromatic rings. The Balaban J connectivity index is 1.70. The standard InChI is InChI=1S/C15H18N2OS/c18-19-9-6-13(7-10-19)17-11-12-5-8-16-15-4-2-1-3-14(12)15/h1-5,8,13,17H,6-7,9-11H2. The summed E-state index contributed by atoms with van der Waals surface area (Å²) < 4.78 is 11.3. The zero-order chi connectivity index (χ0) is 13.1. The Morgan fingerprint density at radius 3 is 2.84 bits per heavy atom. The Hall–Kier alpha value is -1.26. The van der Waals surface area contributed by atoms with Crippen LogP contribution < -0.4 is 5.32 Å². The van der Waals surface area contributed by atoms with Crippen molar-refractivity contribution in [1.82, 2.24) is 10.3 Å². The first kappa shape index (κ1) is 12.8. The fraction of sp³-hybridized carbons (Fsp3) is 0.400. The van der Waals surface area contributed by atoms with Crippen molar-refractivity contribution in [3.63, 3.8) is 0 Å². The molecule has 1 aliphatic rings. The molecule has 3 rings (SSSR count). The molecule has 0 unspecified atom stereocenters. The van der Waals surface area contributed by atoms with E-state index in [9.17, 15) is 4.21 Å². The van der Waals surface area contributed by atoms with E-state index in [0.717, 1.165) is 36.4 Å². The van der Waals surface area contributed by atoms with E-state index in [1.54, 1.807) is 0 Å². The molecule has 1 aliphatic heterocycles. The van der Waals surface area contributed by atoms with E-state index in [1.165, 1.54) is 10.9 Å². The minimum Gasteiger partial charge on any atom is -0.310 e. The van der Waals surface area contributed by atoms with E-state index >= 15 is 0 Å². The smallest absolute Gasteiger partial charge is 0.0705 e. The highest BCUT2D eigenvalue weighted by molar-refractivity contribution is 7.85. The van der Waals surface area contributed by atoms with Crippen molar-refractivity contribution in [1.29, 1.82) is 0 Å². The Kier molecular flexibility index (Phi) is 3.89. The van der Waals surface area contributed by atoms with Gasteiger partial charge in [-0.05, 0) is 30.5 Å². The molecule has 0 bridgehead atoms. The lowest BCUT2D eigenvalue weighted by Gasteiger charge is -2.22. The zero-order valence-corrected chi connectivity index (χ0v) is 11.7. The Morgan fingerprint density at radius 2 is 2.00 bits per heavy atom. The first-order valence-corrected chi connectivity index (χ1v) is 8.23. The van der Waals surface area contributed by atoms with Crippen LogP contribution in [0.5, 0.6) is 0 Å². The third-order valence-electron chi connectivity index (χ3n) is 3.71. The summed E-state index contributed by atoms with van der Waals surface area (Å²) in [6.45, 7) is 0.861. The second kappa shape index (κ2) is 5.80. The summed E-state index contributed by atoms with van der Waals surface area (Å²) in [6.07, 6.45) is 3.92. The lowest BCUT2D eigenvalue weighted by molar-refractivity contribution is 0.476. The largest absolute Gasteiger partial charge is 0.310 e. The molecule has 0 saturated carbocycles. The molecule has 1 aromatic heterocycles. The third-order valence-corrected chi connectivity index (χ3v) is 5.09. The van der Waals surface area contributed by atoms with Crippen LogP contribution in [0.15, 0.2) is 36.5 Å². The molecule has 3 nitrogen and oxygen atoms in total. The summed E-state index contributed by atoms with van der Waals surface area (Å²) in [5.74, 6) is 1.68. The maximum atomic E-state index is 11.3. The molecule has 0 radical (unpaired) electrons. The Bertz CT molecular complexity index is 584. The predicted molar refractivity (Wildman–Crippen MR) is 79.5 cm³/mol. The number of aromatic nitrogens is 1. The molecule has 19 heavy (non-hydrogen) atoms. The number of hydrogen-bond donors (Lipinski definition) is 1. The van der Waals surface area contributed by atoms with Crippen LogP contribution in [-0.2, 0) is 17.3 Å². The third kappa shape index (κ3) is 3.01. The van der Waals surface area contributed by atoms with Crippen molar-refractivity contribution in [2.75, 3.05) is 11.5 Å². The number of fused-ring (bicyclic) bond motifs is 1. The van der Waals surface area contributed by atoms with E-state index < -0.39 is 10.8 Å². The zero-order valence-electron chi connectivity index (χ0n) is 10.8. The van der Waals surface area contributed by atoms with Gasteiger partial charge in [0.25, 0.3) is 0 Å². The first-order valence-electron chi connectivity index (χ1n) is 6.74. The number of rotatable bonds is 3. The highest BCUT2D eigenvalue weighted by Gasteiger charge is 2.17. The van der Waals surface area contributed by atoms with Gasteiger partial charge in [-0.3, -0.25) is 9.19 Å². The molecule has 2 heterocycles. The van der Waals surface area contributed by atoms with Gasteiger partial charge in [0.15, 0.2) is 0 Å². The number of hydrogen-bond acceptors (Lipinski definition) is 3. The van der Waals surface area contributed by atoms with Crippen molar-refractivity contribution in [3.05, 3.63) is 42.1 Å². The molecular formula is C15H18N2OS. The van der Waals surface area contributed by atoms with Crippen molar-refractivity contribution in [2.24, 2.45) is 0 Å². The molecule has 0 aliphatic carbocycles. The maximum Gasteiger partial charge on any atom is 0.0705 e. The predicted octanol–water partition coefficient (Wildman–Crippen LogP) is 2.24. The summed E-state index contributed by atoms with van der Waals surface area (Å²) in [6, 6.07) is 10.8. The van der Waals surface area contributed by atoms with Crippen LogP contribution in [-0.4, -0.2) is 26.7 Å². The number of benzene rings is 1. The molecule has 0 spiro atoms. The second-order valence-electron chi connectivity index (χ2n) is 4.99. The van der Waals surface area contributed by atoms with E-state index in [1.807, 2.05) is 18.3 Å². The average Bonchev–Trinajstić information content (AvgIpc) is 2.47. The summed E-state index contributed by atoms with van der Waals surface area (Å²) in [5.41, 5.74) is 2.34. The first-order chi connectivity index (χ1) is 9.33. The van der Waals surface area contributed by atoms with E-state index in [-0.39, 0.29) is 0 Å². The van der Waals surface area contributed by atoms with Crippen molar-refractivity contribution in [2.45, 2.75) is 25.4 Å². The fourth-order valence-electron chi connectivity index (χ4n) is 2.56. The molecule has 1 N–H and O–H groups in total. The monoisotopic (exact) mass is 274 g/mol. The van der Waals surface area contributed by atoms with Gasteiger partial charge in [0.05, 0.1) is 5.52 Å². The lowest BCUT2D eigenvalue weighted by atomic mass is 10.1. The van der Waals surface area contributed by atoms with Crippen LogP contribution in [0.3, 0.4) is 0 Å². The summed E-state index contributed by atoms with van der Waals surface area (Å²) in [4.78, 5) is 4.38. The second-order valence-corrected chi connectivity index (χ2v) is 6.69. The van der Waals surface area contributed by atoms with Crippen LogP contribution in [0, 0.1) is 0 Å². The minimum absolute atomic E-state index is 0.504. The Morgan fingerprint density at radius 1 is 1.21 bits per heavy atom.